The maximum atomic E-state index is 13.7. The maximum absolute atomic E-state index is 13.7. The summed E-state index contributed by atoms with van der Waals surface area (Å²) in [6, 6.07) is 23.9. The lowest BCUT2D eigenvalue weighted by Crippen LogP contribution is -2.31. The van der Waals surface area contributed by atoms with Crippen molar-refractivity contribution in [3.63, 3.8) is 0 Å². The minimum absolute atomic E-state index is 0.0395. The van der Waals surface area contributed by atoms with Crippen molar-refractivity contribution in [2.75, 3.05) is 11.5 Å². The van der Waals surface area contributed by atoms with E-state index in [9.17, 15) is 14.7 Å². The number of ether oxygens (including phenoxy) is 1. The number of benzene rings is 3. The Morgan fingerprint density at radius 1 is 1.07 bits per heavy atom. The summed E-state index contributed by atoms with van der Waals surface area (Å²) in [4.78, 5) is 28.6. The summed E-state index contributed by atoms with van der Waals surface area (Å²) in [6.07, 6.45) is 1.88. The van der Waals surface area contributed by atoms with Crippen molar-refractivity contribution in [2.24, 2.45) is 0 Å². The van der Waals surface area contributed by atoms with Crippen LogP contribution in [0.4, 0.5) is 5.13 Å². The average molecular weight is 612 g/mol. The molecular weight excluding hydrogens is 583 g/mol. The molecule has 8 nitrogen and oxygen atoms in total. The number of rotatable bonds is 11. The molecule has 3 heterocycles. The summed E-state index contributed by atoms with van der Waals surface area (Å²) in [6.45, 7) is 4.35. The molecule has 3 aromatic carbocycles. The van der Waals surface area contributed by atoms with Gasteiger partial charge in [0.1, 0.15) is 11.5 Å². The number of aliphatic hydroxyl groups excluding tert-OH is 1. The number of aliphatic hydroxyl groups is 1. The molecule has 6 rings (SSSR count). The molecule has 0 fully saturated rings. The van der Waals surface area contributed by atoms with E-state index in [-0.39, 0.29) is 16.5 Å². The number of anilines is 1. The minimum atomic E-state index is -0.955. The highest BCUT2D eigenvalue weighted by atomic mass is 32.2. The topological polar surface area (TPSA) is 106 Å². The Balaban J connectivity index is 1.33. The van der Waals surface area contributed by atoms with Crippen molar-refractivity contribution in [2.45, 2.75) is 42.8 Å². The number of hydrogen-bond donors (Lipinski definition) is 1. The molecule has 1 atom stereocenters. The van der Waals surface area contributed by atoms with Gasteiger partial charge >= 0.3 is 0 Å². The summed E-state index contributed by atoms with van der Waals surface area (Å²) in [5, 5.41) is 22.4. The van der Waals surface area contributed by atoms with Gasteiger partial charge in [0.15, 0.2) is 15.9 Å². The second kappa shape index (κ2) is 12.4. The van der Waals surface area contributed by atoms with Gasteiger partial charge in [0.2, 0.25) is 10.9 Å². The van der Waals surface area contributed by atoms with Crippen LogP contribution in [-0.2, 0) is 10.5 Å². The Labute approximate surface area is 257 Å². The van der Waals surface area contributed by atoms with E-state index in [1.807, 2.05) is 24.3 Å². The third kappa shape index (κ3) is 5.80. The molecule has 43 heavy (non-hydrogen) atoms. The molecule has 0 saturated carbocycles. The van der Waals surface area contributed by atoms with Gasteiger partial charge in [-0.1, -0.05) is 91.0 Å². The zero-order valence-corrected chi connectivity index (χ0v) is 25.3. The lowest BCUT2D eigenvalue weighted by molar-refractivity contribution is -0.117. The fourth-order valence-corrected chi connectivity index (χ4v) is 6.94. The largest absolute Gasteiger partial charge is 0.503 e. The third-order valence-electron chi connectivity index (χ3n) is 7.19. The van der Waals surface area contributed by atoms with Crippen LogP contribution >= 0.6 is 23.1 Å². The number of aryl methyl sites for hydroxylation is 1. The molecule has 1 aliphatic heterocycles. The van der Waals surface area contributed by atoms with E-state index in [4.69, 9.17) is 9.15 Å². The number of amides is 1. The average Bonchev–Trinajstić information content (AvgIpc) is 3.74. The molecule has 0 bridgehead atoms. The summed E-state index contributed by atoms with van der Waals surface area (Å²) in [5.41, 5.74) is 1.68. The van der Waals surface area contributed by atoms with Crippen molar-refractivity contribution < 1.29 is 23.8 Å². The summed E-state index contributed by atoms with van der Waals surface area (Å²) in [7, 11) is 0. The molecule has 2 aromatic heterocycles. The van der Waals surface area contributed by atoms with Crippen LogP contribution in [0.2, 0.25) is 0 Å². The van der Waals surface area contributed by atoms with Gasteiger partial charge in [0, 0.05) is 5.75 Å². The van der Waals surface area contributed by atoms with E-state index >= 15 is 0 Å². The highest BCUT2D eigenvalue weighted by molar-refractivity contribution is 8.00. The highest BCUT2D eigenvalue weighted by Gasteiger charge is 2.46. The van der Waals surface area contributed by atoms with Crippen LogP contribution in [0.15, 0.2) is 99.0 Å². The quantitative estimate of drug-likeness (QED) is 0.0697. The number of nitrogens with zero attached hydrogens (tertiary/aromatic N) is 3. The first-order valence-corrected chi connectivity index (χ1v) is 15.8. The summed E-state index contributed by atoms with van der Waals surface area (Å²) < 4.78 is 12.2. The molecule has 218 valence electrons. The van der Waals surface area contributed by atoms with Gasteiger partial charge in [-0.2, -0.15) is 0 Å². The predicted molar refractivity (Wildman–Crippen MR) is 168 cm³/mol. The van der Waals surface area contributed by atoms with Crippen molar-refractivity contribution >= 4 is 50.7 Å². The Morgan fingerprint density at radius 3 is 2.70 bits per heavy atom. The molecule has 1 amide bonds. The molecular formula is C33H29N3O5S2. The minimum Gasteiger partial charge on any atom is -0.503 e. The molecule has 0 radical (unpaired) electrons. The van der Waals surface area contributed by atoms with Crippen LogP contribution in [0.1, 0.15) is 53.2 Å². The Morgan fingerprint density at radius 2 is 1.88 bits per heavy atom. The number of aromatic nitrogens is 2. The van der Waals surface area contributed by atoms with E-state index < -0.39 is 23.5 Å². The predicted octanol–water partition coefficient (Wildman–Crippen LogP) is 7.85. The third-order valence-corrected chi connectivity index (χ3v) is 9.30. The van der Waals surface area contributed by atoms with E-state index in [0.29, 0.717) is 33.8 Å². The number of ketones is 1. The molecule has 1 unspecified atom stereocenters. The second-order valence-corrected chi connectivity index (χ2v) is 12.3. The van der Waals surface area contributed by atoms with Gasteiger partial charge in [0.05, 0.1) is 18.2 Å². The summed E-state index contributed by atoms with van der Waals surface area (Å²) in [5.74, 6) is -0.0811. The Bertz CT molecular complexity index is 1840. The lowest BCUT2D eigenvalue weighted by Gasteiger charge is -2.24. The van der Waals surface area contributed by atoms with E-state index in [2.05, 4.69) is 41.4 Å². The number of thioether (sulfide) groups is 1. The monoisotopic (exact) mass is 611 g/mol. The van der Waals surface area contributed by atoms with Gasteiger partial charge in [-0.05, 0) is 59.5 Å². The van der Waals surface area contributed by atoms with Crippen LogP contribution < -0.4 is 9.64 Å². The zero-order chi connectivity index (χ0) is 29.9. The number of Topliss-reactive ketones (excluding diaryl/α,β-unsaturated/α-hetero) is 1. The number of carbonyl (C=O) groups excluding carboxylic acids is 2. The van der Waals surface area contributed by atoms with Crippen molar-refractivity contribution in [1.29, 1.82) is 0 Å². The Hall–Kier alpha value is -4.41. The number of carbonyl (C=O) groups is 2. The van der Waals surface area contributed by atoms with Crippen molar-refractivity contribution in [3.8, 4) is 5.75 Å². The number of furan rings is 1. The molecule has 10 heteroatoms. The molecule has 0 aliphatic carbocycles. The van der Waals surface area contributed by atoms with Crippen LogP contribution in [0.5, 0.6) is 5.75 Å². The van der Waals surface area contributed by atoms with Crippen LogP contribution in [0.25, 0.3) is 10.8 Å². The zero-order valence-electron chi connectivity index (χ0n) is 23.6. The molecule has 5 aromatic rings. The summed E-state index contributed by atoms with van der Waals surface area (Å²) >= 11 is 2.75. The first-order chi connectivity index (χ1) is 20.9. The first-order valence-electron chi connectivity index (χ1n) is 14.0. The van der Waals surface area contributed by atoms with E-state index in [1.165, 1.54) is 33.4 Å². The molecule has 1 N–H and O–H groups in total. The van der Waals surface area contributed by atoms with Crippen molar-refractivity contribution in [1.82, 2.24) is 10.2 Å². The fourth-order valence-electron chi connectivity index (χ4n) is 5.06. The van der Waals surface area contributed by atoms with Gasteiger partial charge in [0.25, 0.3) is 5.91 Å². The molecule has 0 spiro atoms. The number of unbranched alkanes of at least 4 members (excludes halogenated alkanes) is 1. The van der Waals surface area contributed by atoms with E-state index in [0.717, 1.165) is 23.8 Å². The van der Waals surface area contributed by atoms with Crippen LogP contribution in [-0.4, -0.2) is 33.6 Å². The van der Waals surface area contributed by atoms with Gasteiger partial charge in [-0.25, -0.2) is 0 Å². The number of hydrogen-bond acceptors (Lipinski definition) is 9. The molecule has 0 saturated heterocycles. The van der Waals surface area contributed by atoms with Gasteiger partial charge in [-0.15, -0.1) is 10.2 Å². The SMILES string of the molecule is CCCCOc1cccc(C2C(C(=O)c3ccc(C)o3)=C(O)C(=O)N2c2nnc(SCc3cccc4ccccc34)s2)c1. The van der Waals surface area contributed by atoms with Crippen LogP contribution in [0.3, 0.4) is 0 Å². The highest BCUT2D eigenvalue weighted by Crippen LogP contribution is 2.44. The van der Waals surface area contributed by atoms with E-state index in [1.54, 1.807) is 37.3 Å². The van der Waals surface area contributed by atoms with Crippen molar-refractivity contribution in [3.05, 3.63) is 113 Å². The standard InChI is InChI=1S/C33H29N3O5S2/c1-3-4-17-40-24-13-8-11-22(18-24)28-27(29(37)26-16-15-20(2)41-26)30(38)31(39)36(28)32-34-35-33(43-32)42-19-23-12-7-10-21-9-5-6-14-25(21)23/h5-16,18,28,38H,3-4,17,19H2,1-2H3. The normalized spacial score (nSPS) is 15.1. The Kier molecular flexibility index (Phi) is 8.31. The maximum Gasteiger partial charge on any atom is 0.296 e. The van der Waals surface area contributed by atoms with Crippen LogP contribution in [0, 0.1) is 6.92 Å². The lowest BCUT2D eigenvalue weighted by atomic mass is 9.95. The smallest absolute Gasteiger partial charge is 0.296 e. The fraction of sp³-hybridized carbons (Fsp3) is 0.212. The number of fused-ring (bicyclic) bond motifs is 1. The second-order valence-electron chi connectivity index (χ2n) is 10.1. The van der Waals surface area contributed by atoms with Gasteiger partial charge < -0.3 is 14.3 Å². The first kappa shape index (κ1) is 28.7. The van der Waals surface area contributed by atoms with Gasteiger partial charge in [-0.3, -0.25) is 14.5 Å². The molecule has 1 aliphatic rings.